The summed E-state index contributed by atoms with van der Waals surface area (Å²) in [7, 11) is 7.77. The summed E-state index contributed by atoms with van der Waals surface area (Å²) in [5, 5.41) is 37.4. The Kier molecular flexibility index (Phi) is 8.24. The third-order valence-corrected chi connectivity index (χ3v) is 13.5. The first kappa shape index (κ1) is 34.1. The second-order valence-corrected chi connectivity index (χ2v) is 14.8. The summed E-state index contributed by atoms with van der Waals surface area (Å²) in [6, 6.07) is 6.10. The lowest BCUT2D eigenvalue weighted by Gasteiger charge is -2.70. The predicted molar refractivity (Wildman–Crippen MR) is 167 cm³/mol. The topological polar surface area (TPSA) is 163 Å². The zero-order chi connectivity index (χ0) is 34.6. The summed E-state index contributed by atoms with van der Waals surface area (Å²) in [5.41, 5.74) is -4.94. The first-order chi connectivity index (χ1) is 22.9. The average Bonchev–Trinajstić information content (AvgIpc) is 3.44. The number of rotatable bonds is 10. The fraction of sp³-hybridized carbons (Fsp3) is 0.771. The van der Waals surface area contributed by atoms with Crippen LogP contribution < -0.4 is 4.74 Å². The Morgan fingerprint density at radius 2 is 1.69 bits per heavy atom. The van der Waals surface area contributed by atoms with E-state index in [2.05, 4.69) is 4.90 Å². The molecule has 1 heterocycles. The quantitative estimate of drug-likeness (QED) is 0.297. The average molecular weight is 676 g/mol. The largest absolute Gasteiger partial charge is 0.497 e. The lowest BCUT2D eigenvalue weighted by atomic mass is 9.42. The highest BCUT2D eigenvalue weighted by molar-refractivity contribution is 5.89. The molecule has 0 amide bonds. The molecule has 1 spiro atoms. The molecule has 1 aromatic rings. The summed E-state index contributed by atoms with van der Waals surface area (Å²) >= 11 is 0. The third kappa shape index (κ3) is 3.90. The Morgan fingerprint density at radius 1 is 0.979 bits per heavy atom. The van der Waals surface area contributed by atoms with Crippen molar-refractivity contribution in [2.45, 2.75) is 80.6 Å². The molecule has 1 aliphatic heterocycles. The number of carbonyl (C=O) groups is 2. The summed E-state index contributed by atoms with van der Waals surface area (Å²) in [6.07, 6.45) is -5.64. The number of benzene rings is 1. The molecular formula is C35H49NO12. The molecule has 13 nitrogen and oxygen atoms in total. The van der Waals surface area contributed by atoms with Crippen molar-refractivity contribution in [1.82, 2.24) is 4.90 Å². The molecular weight excluding hydrogens is 626 g/mol. The smallest absolute Gasteiger partial charge is 0.338 e. The third-order valence-electron chi connectivity index (χ3n) is 13.5. The van der Waals surface area contributed by atoms with E-state index >= 15 is 0 Å². The van der Waals surface area contributed by atoms with Crippen LogP contribution in [-0.4, -0.2) is 141 Å². The van der Waals surface area contributed by atoms with Gasteiger partial charge in [0, 0.05) is 83.0 Å². The Hall–Kier alpha value is -2.36. The highest BCUT2D eigenvalue weighted by Crippen LogP contribution is 2.80. The Balaban J connectivity index is 1.50. The van der Waals surface area contributed by atoms with Crippen molar-refractivity contribution < 1.29 is 58.1 Å². The van der Waals surface area contributed by atoms with E-state index in [9.17, 15) is 24.9 Å². The number of likely N-dealkylation sites (tertiary alicyclic amines) is 1. The van der Waals surface area contributed by atoms with E-state index in [-0.39, 0.29) is 24.6 Å². The molecule has 0 radical (unpaired) electrons. The van der Waals surface area contributed by atoms with Gasteiger partial charge >= 0.3 is 11.9 Å². The SMILES string of the molecule is CCN1C[C@]2(COC)[C@H](O)C[C@H](OC)C34C1C([C@@H](OC)[C@@H]32)[C@]1(OC(C)=O)[C@@H]2[C@H]4C[C@@](O)([C@@H]2OC(=O)c2ccc(OC)cc2)[C@@H](OC)[C@@H]1O. The van der Waals surface area contributed by atoms with Gasteiger partial charge in [0.1, 0.15) is 29.7 Å². The van der Waals surface area contributed by atoms with E-state index in [4.69, 9.17) is 33.2 Å². The van der Waals surface area contributed by atoms with Gasteiger partial charge in [-0.3, -0.25) is 9.69 Å². The number of carbonyl (C=O) groups excluding carboxylic acids is 2. The number of aliphatic hydroxyl groups is 3. The molecule has 13 heteroatoms. The van der Waals surface area contributed by atoms with Gasteiger partial charge in [0.15, 0.2) is 5.60 Å². The van der Waals surface area contributed by atoms with E-state index in [1.165, 1.54) is 21.1 Å². The summed E-state index contributed by atoms with van der Waals surface area (Å²) in [4.78, 5) is 29.5. The van der Waals surface area contributed by atoms with Crippen LogP contribution in [0.1, 0.15) is 37.0 Å². The second-order valence-electron chi connectivity index (χ2n) is 14.8. The molecule has 15 atom stereocenters. The van der Waals surface area contributed by atoms with Crippen molar-refractivity contribution in [3.63, 3.8) is 0 Å². The molecule has 1 saturated heterocycles. The van der Waals surface area contributed by atoms with Crippen LogP contribution in [0.15, 0.2) is 24.3 Å². The van der Waals surface area contributed by atoms with E-state index in [0.29, 0.717) is 25.3 Å². The van der Waals surface area contributed by atoms with E-state index in [1.807, 2.05) is 6.92 Å². The number of hydrogen-bond acceptors (Lipinski definition) is 13. The number of methoxy groups -OCH3 is 5. The van der Waals surface area contributed by atoms with Gasteiger partial charge < -0.3 is 48.5 Å². The molecule has 7 bridgehead atoms. The molecule has 266 valence electrons. The van der Waals surface area contributed by atoms with Crippen LogP contribution >= 0.6 is 0 Å². The van der Waals surface area contributed by atoms with Gasteiger partial charge in [-0.05, 0) is 43.1 Å². The predicted octanol–water partition coefficient (Wildman–Crippen LogP) is 0.657. The zero-order valence-electron chi connectivity index (χ0n) is 28.7. The molecule has 5 aliphatic carbocycles. The van der Waals surface area contributed by atoms with Crippen LogP contribution in [0.5, 0.6) is 5.75 Å². The highest BCUT2D eigenvalue weighted by atomic mass is 16.6. The van der Waals surface area contributed by atoms with Gasteiger partial charge in [-0.15, -0.1) is 0 Å². The normalized spacial score (nSPS) is 48.2. The van der Waals surface area contributed by atoms with Crippen LogP contribution in [0.2, 0.25) is 0 Å². The minimum absolute atomic E-state index is 0.0591. The molecule has 3 unspecified atom stereocenters. The fourth-order valence-electron chi connectivity index (χ4n) is 12.5. The Morgan fingerprint density at radius 3 is 2.25 bits per heavy atom. The van der Waals surface area contributed by atoms with Gasteiger partial charge in [-0.1, -0.05) is 6.92 Å². The fourth-order valence-corrected chi connectivity index (χ4v) is 12.5. The summed E-state index contributed by atoms with van der Waals surface area (Å²) < 4.78 is 42.7. The number of fused-ring (bicyclic) bond motifs is 2. The van der Waals surface area contributed by atoms with Gasteiger partial charge in [-0.25, -0.2) is 4.79 Å². The Bertz CT molecular complexity index is 1430. The first-order valence-corrected chi connectivity index (χ1v) is 16.9. The molecule has 0 aromatic heterocycles. The first-order valence-electron chi connectivity index (χ1n) is 16.9. The lowest BCUT2D eigenvalue weighted by Crippen LogP contribution is -2.81. The monoisotopic (exact) mass is 675 g/mol. The second kappa shape index (κ2) is 11.6. The summed E-state index contributed by atoms with van der Waals surface area (Å²) in [6.45, 7) is 4.64. The van der Waals surface area contributed by atoms with Crippen LogP contribution in [-0.2, 0) is 33.2 Å². The molecule has 5 saturated carbocycles. The summed E-state index contributed by atoms with van der Waals surface area (Å²) in [5.74, 6) is -3.23. The zero-order valence-corrected chi connectivity index (χ0v) is 28.7. The van der Waals surface area contributed by atoms with Crippen molar-refractivity contribution in [2.75, 3.05) is 55.2 Å². The number of ether oxygens (including phenoxy) is 7. The number of hydrogen-bond donors (Lipinski definition) is 3. The number of piperidine rings is 1. The maximum Gasteiger partial charge on any atom is 0.338 e. The number of aliphatic hydroxyl groups excluding tert-OH is 2. The number of esters is 2. The standard InChI is InChI=1S/C35H49NO12/c1-8-36-15-32(16-42-3)21(38)13-22(44-5)34-20-14-33(41)29(47-31(40)18-9-11-19(43-4)12-10-18)23(20)35(48-17(2)37,28(39)30(33)46-7)24(27(34)36)25(45-6)26(32)34/h9-12,20-30,38-39,41H,8,13-16H2,1-7H3/t20-,21-,22+,23-,24?,25-,26-,27?,28+,29-,30+,32+,33-,34?,35-/m1/s1. The van der Waals surface area contributed by atoms with Gasteiger partial charge in [0.25, 0.3) is 0 Å². The Labute approximate surface area is 280 Å². The van der Waals surface area contributed by atoms with Gasteiger partial charge in [-0.2, -0.15) is 0 Å². The van der Waals surface area contributed by atoms with Crippen LogP contribution in [0.25, 0.3) is 0 Å². The van der Waals surface area contributed by atoms with E-state index < -0.39 is 94.3 Å². The van der Waals surface area contributed by atoms with Crippen molar-refractivity contribution in [2.24, 2.45) is 34.5 Å². The minimum Gasteiger partial charge on any atom is -0.497 e. The molecule has 7 rings (SSSR count). The van der Waals surface area contributed by atoms with Crippen LogP contribution in [0.3, 0.4) is 0 Å². The molecule has 6 fully saturated rings. The van der Waals surface area contributed by atoms with Gasteiger partial charge in [0.05, 0.1) is 37.6 Å². The minimum atomic E-state index is -1.86. The maximum atomic E-state index is 13.9. The lowest BCUT2D eigenvalue weighted by molar-refractivity contribution is -0.322. The maximum absolute atomic E-state index is 13.9. The molecule has 1 aromatic carbocycles. The molecule has 3 N–H and O–H groups in total. The van der Waals surface area contributed by atoms with E-state index in [0.717, 1.165) is 0 Å². The van der Waals surface area contributed by atoms with Crippen molar-refractivity contribution >= 4 is 11.9 Å². The number of nitrogens with zero attached hydrogens (tertiary/aromatic N) is 1. The van der Waals surface area contributed by atoms with Gasteiger partial charge in [0.2, 0.25) is 0 Å². The van der Waals surface area contributed by atoms with Crippen molar-refractivity contribution in [3.05, 3.63) is 29.8 Å². The van der Waals surface area contributed by atoms with E-state index in [1.54, 1.807) is 45.6 Å². The van der Waals surface area contributed by atoms with Crippen molar-refractivity contribution in [1.29, 1.82) is 0 Å². The molecule has 48 heavy (non-hydrogen) atoms. The van der Waals surface area contributed by atoms with Crippen LogP contribution in [0, 0.1) is 34.5 Å². The molecule has 6 aliphatic rings. The highest BCUT2D eigenvalue weighted by Gasteiger charge is 2.92. The van der Waals surface area contributed by atoms with Crippen molar-refractivity contribution in [3.8, 4) is 5.75 Å². The van der Waals surface area contributed by atoms with Crippen LogP contribution in [0.4, 0.5) is 0 Å².